The molecular weight excluding hydrogens is 757 g/mol. The average molecular weight is 796 g/mol. The lowest BCUT2D eigenvalue weighted by atomic mass is 10.00. The summed E-state index contributed by atoms with van der Waals surface area (Å²) in [5, 5.41) is 17.6. The number of piperidine rings is 1. The number of aromatic nitrogens is 3. The van der Waals surface area contributed by atoms with Crippen molar-refractivity contribution in [2.45, 2.75) is 51.2 Å². The Morgan fingerprint density at radius 3 is 2.65 bits per heavy atom. The zero-order valence-corrected chi connectivity index (χ0v) is 31.6. The highest BCUT2D eigenvalue weighted by Crippen LogP contribution is 2.32. The highest BCUT2D eigenvalue weighted by atomic mass is 35.5. The van der Waals surface area contributed by atoms with E-state index in [1.165, 1.54) is 18.5 Å². The first kappa shape index (κ1) is 39.2. The molecule has 0 radical (unpaired) electrons. The number of fused-ring (bicyclic) bond motifs is 2. The third-order valence-corrected chi connectivity index (χ3v) is 10.4. The average Bonchev–Trinajstić information content (AvgIpc) is 3.54. The van der Waals surface area contributed by atoms with Crippen molar-refractivity contribution in [3.8, 4) is 6.07 Å². The normalized spacial score (nSPS) is 16.2. The van der Waals surface area contributed by atoms with Crippen LogP contribution in [0.4, 0.5) is 21.7 Å². The zero-order chi connectivity index (χ0) is 39.9. The predicted molar refractivity (Wildman–Crippen MR) is 205 cm³/mol. The molecule has 2 aromatic heterocycles. The van der Waals surface area contributed by atoms with Crippen LogP contribution in [0.25, 0.3) is 0 Å². The molecule has 3 aliphatic heterocycles. The molecule has 294 valence electrons. The van der Waals surface area contributed by atoms with Gasteiger partial charge in [-0.2, -0.15) is 9.65 Å². The van der Waals surface area contributed by atoms with Crippen LogP contribution in [-0.2, 0) is 45.0 Å². The van der Waals surface area contributed by atoms with Gasteiger partial charge < -0.3 is 29.9 Å². The molecule has 17 heteroatoms. The van der Waals surface area contributed by atoms with E-state index in [4.69, 9.17) is 21.1 Å². The summed E-state index contributed by atoms with van der Waals surface area (Å²) in [7, 11) is 0. The van der Waals surface area contributed by atoms with E-state index in [1.54, 1.807) is 23.1 Å². The number of imide groups is 1. The first-order chi connectivity index (χ1) is 27.7. The highest BCUT2D eigenvalue weighted by Gasteiger charge is 2.39. The summed E-state index contributed by atoms with van der Waals surface area (Å²) in [6.45, 7) is 2.94. The third kappa shape index (κ3) is 9.01. The van der Waals surface area contributed by atoms with Crippen LogP contribution in [0.1, 0.15) is 67.9 Å². The number of halogens is 2. The summed E-state index contributed by atoms with van der Waals surface area (Å²) in [5.41, 5.74) is 5.25. The molecule has 2 aromatic carbocycles. The number of rotatable bonds is 15. The van der Waals surface area contributed by atoms with Gasteiger partial charge in [-0.25, -0.2) is 15.0 Å². The lowest BCUT2D eigenvalue weighted by Gasteiger charge is -2.30. The molecule has 7 rings (SSSR count). The van der Waals surface area contributed by atoms with Gasteiger partial charge in [-0.1, -0.05) is 23.7 Å². The highest BCUT2D eigenvalue weighted by molar-refractivity contribution is 6.32. The number of carbonyl (C=O) groups is 4. The number of hydrogen-bond acceptors (Lipinski definition) is 12. The summed E-state index contributed by atoms with van der Waals surface area (Å²) in [6.07, 6.45) is 3.95. The molecule has 3 N–H and O–H groups in total. The van der Waals surface area contributed by atoms with Gasteiger partial charge in [0.2, 0.25) is 17.8 Å². The van der Waals surface area contributed by atoms with Crippen molar-refractivity contribution in [1.82, 2.24) is 30.5 Å². The zero-order valence-electron chi connectivity index (χ0n) is 30.9. The van der Waals surface area contributed by atoms with Gasteiger partial charge in [0.15, 0.2) is 0 Å². The van der Waals surface area contributed by atoms with E-state index in [9.17, 15) is 28.8 Å². The standard InChI is InChI=1S/C40H39ClFN9O6/c41-31-19-26(7-6-25(31)20-43)50-14-12-28-32(22-50)45-23-46-37(28)48-34-10-8-29(36(42)47-34)38(53)44-13-16-57-18-17-56-15-2-4-24-3-1-5-27-30(24)21-51(40(27)55)33-9-11-35(52)49-39(33)54/h1,3,5-8,10,19,23,33H,2,4,9,11-18,21-22H2,(H,44,53)(H,49,52,54)(H,45,46,47,48). The second-order valence-corrected chi connectivity index (χ2v) is 14.1. The van der Waals surface area contributed by atoms with Crippen LogP contribution in [0.5, 0.6) is 0 Å². The first-order valence-corrected chi connectivity index (χ1v) is 19.0. The van der Waals surface area contributed by atoms with Gasteiger partial charge in [-0.15, -0.1) is 0 Å². The Morgan fingerprint density at radius 2 is 1.86 bits per heavy atom. The van der Waals surface area contributed by atoms with E-state index in [-0.39, 0.29) is 42.8 Å². The Labute approximate surface area is 332 Å². The number of hydrogen-bond donors (Lipinski definition) is 3. The topological polar surface area (TPSA) is 192 Å². The van der Waals surface area contributed by atoms with Gasteiger partial charge in [0.25, 0.3) is 11.8 Å². The van der Waals surface area contributed by atoms with E-state index in [0.717, 1.165) is 28.1 Å². The number of anilines is 3. The van der Waals surface area contributed by atoms with Crippen molar-refractivity contribution in [1.29, 1.82) is 5.26 Å². The summed E-state index contributed by atoms with van der Waals surface area (Å²) < 4.78 is 26.3. The number of nitrogens with zero attached hydrogens (tertiary/aromatic N) is 6. The van der Waals surface area contributed by atoms with Crippen molar-refractivity contribution in [3.63, 3.8) is 0 Å². The number of nitriles is 1. The molecule has 1 fully saturated rings. The largest absolute Gasteiger partial charge is 0.379 e. The van der Waals surface area contributed by atoms with Gasteiger partial charge in [-0.3, -0.25) is 24.5 Å². The number of carbonyl (C=O) groups excluding carboxylic acids is 4. The number of benzene rings is 2. The van der Waals surface area contributed by atoms with Gasteiger partial charge in [0, 0.05) is 49.5 Å². The molecule has 15 nitrogen and oxygen atoms in total. The maximum Gasteiger partial charge on any atom is 0.256 e. The Hall–Kier alpha value is -6.02. The molecule has 0 spiro atoms. The number of ether oxygens (including phenoxy) is 2. The first-order valence-electron chi connectivity index (χ1n) is 18.6. The quantitative estimate of drug-likeness (QED) is 0.0892. The Balaban J connectivity index is 0.796. The molecule has 0 bridgehead atoms. The molecule has 4 aromatic rings. The van der Waals surface area contributed by atoms with Gasteiger partial charge >= 0.3 is 0 Å². The third-order valence-electron chi connectivity index (χ3n) is 10.1. The van der Waals surface area contributed by atoms with Crippen molar-refractivity contribution in [3.05, 3.63) is 105 Å². The molecule has 5 heterocycles. The van der Waals surface area contributed by atoms with E-state index in [1.807, 2.05) is 18.2 Å². The van der Waals surface area contributed by atoms with Crippen molar-refractivity contribution >= 4 is 52.6 Å². The second-order valence-electron chi connectivity index (χ2n) is 13.7. The summed E-state index contributed by atoms with van der Waals surface area (Å²) in [6, 6.07) is 15.2. The van der Waals surface area contributed by atoms with Gasteiger partial charge in [-0.05, 0) is 73.2 Å². The summed E-state index contributed by atoms with van der Waals surface area (Å²) >= 11 is 6.24. The SMILES string of the molecule is N#Cc1ccc(N2CCc3c(ncnc3Nc3ccc(C(=O)NCCOCCOCCCc4cccc5c4CN(C4CCC(=O)NC4=O)C5=O)c(F)n3)C2)cc1Cl. The smallest absolute Gasteiger partial charge is 0.256 e. The molecule has 1 unspecified atom stereocenters. The molecule has 3 aliphatic rings. The van der Waals surface area contributed by atoms with Gasteiger partial charge in [0.1, 0.15) is 30.1 Å². The van der Waals surface area contributed by atoms with Gasteiger partial charge in [0.05, 0.1) is 48.2 Å². The van der Waals surface area contributed by atoms with Crippen LogP contribution in [0.3, 0.4) is 0 Å². The minimum absolute atomic E-state index is 0.157. The van der Waals surface area contributed by atoms with E-state index in [0.29, 0.717) is 87.1 Å². The Morgan fingerprint density at radius 1 is 1.02 bits per heavy atom. The maximum atomic E-state index is 15.0. The number of amides is 4. The minimum atomic E-state index is -0.933. The summed E-state index contributed by atoms with van der Waals surface area (Å²) in [5.74, 6) is -1.81. The summed E-state index contributed by atoms with van der Waals surface area (Å²) in [4.78, 5) is 66.0. The monoisotopic (exact) mass is 795 g/mol. The van der Waals surface area contributed by atoms with Crippen LogP contribution >= 0.6 is 11.6 Å². The Kier molecular flexibility index (Phi) is 12.3. The van der Waals surface area contributed by atoms with Crippen LogP contribution in [-0.4, -0.2) is 89.0 Å². The molecule has 0 saturated carbocycles. The minimum Gasteiger partial charge on any atom is -0.379 e. The van der Waals surface area contributed by atoms with Crippen molar-refractivity contribution in [2.24, 2.45) is 0 Å². The molecule has 57 heavy (non-hydrogen) atoms. The number of nitrogens with one attached hydrogen (secondary N) is 3. The van der Waals surface area contributed by atoms with Crippen molar-refractivity contribution < 1.29 is 33.0 Å². The second kappa shape index (κ2) is 17.8. The number of pyridine rings is 1. The van der Waals surface area contributed by atoms with E-state index >= 15 is 0 Å². The van der Waals surface area contributed by atoms with Crippen molar-refractivity contribution in [2.75, 3.05) is 49.7 Å². The molecule has 4 amide bonds. The molecular formula is C40H39ClFN9O6. The Bertz CT molecular complexity index is 2250. The van der Waals surface area contributed by atoms with E-state index in [2.05, 4.69) is 41.9 Å². The molecule has 1 atom stereocenters. The van der Waals surface area contributed by atoms with Crippen LogP contribution in [0.15, 0.2) is 54.9 Å². The fourth-order valence-corrected chi connectivity index (χ4v) is 7.39. The van der Waals surface area contributed by atoms with E-state index < -0.39 is 23.8 Å². The number of aryl methyl sites for hydroxylation is 1. The predicted octanol–water partition coefficient (Wildman–Crippen LogP) is 4.00. The molecule has 1 saturated heterocycles. The van der Waals surface area contributed by atoms with Crippen LogP contribution in [0.2, 0.25) is 5.02 Å². The van der Waals surface area contributed by atoms with Crippen LogP contribution < -0.4 is 20.9 Å². The lowest BCUT2D eigenvalue weighted by Crippen LogP contribution is -2.52. The van der Waals surface area contributed by atoms with Crippen LogP contribution in [0, 0.1) is 17.3 Å². The lowest BCUT2D eigenvalue weighted by molar-refractivity contribution is -0.136. The molecule has 0 aliphatic carbocycles. The fourth-order valence-electron chi connectivity index (χ4n) is 7.17. The fraction of sp³-hybridized carbons (Fsp3) is 0.350. The maximum absolute atomic E-state index is 15.0.